The maximum absolute atomic E-state index is 10.8. The monoisotopic (exact) mass is 258 g/mol. The molecule has 0 amide bonds. The zero-order chi connectivity index (χ0) is 10.7. The van der Waals surface area contributed by atoms with Crippen molar-refractivity contribution in [2.45, 2.75) is 6.54 Å². The second-order valence-corrected chi connectivity index (χ2v) is 3.22. The van der Waals surface area contributed by atoms with Crippen molar-refractivity contribution in [2.75, 3.05) is 13.7 Å². The summed E-state index contributed by atoms with van der Waals surface area (Å²) in [4.78, 5) is 15.1. The second kappa shape index (κ2) is 7.01. The van der Waals surface area contributed by atoms with Gasteiger partial charge in [0.1, 0.15) is 0 Å². The fourth-order valence-corrected chi connectivity index (χ4v) is 1.60. The molecule has 0 saturated carbocycles. The maximum Gasteiger partial charge on any atom is 0.185 e. The molecule has 0 aliphatic rings. The van der Waals surface area contributed by atoms with Gasteiger partial charge in [0.2, 0.25) is 0 Å². The summed E-state index contributed by atoms with van der Waals surface area (Å²) in [6, 6.07) is 7.68. The van der Waals surface area contributed by atoms with Gasteiger partial charge in [0.05, 0.1) is 17.6 Å². The molecule has 5 nitrogen and oxygen atoms in total. The Labute approximate surface area is 105 Å². The van der Waals surface area contributed by atoms with E-state index in [0.29, 0.717) is 19.0 Å². The fourth-order valence-electron chi connectivity index (χ4n) is 1.60. The van der Waals surface area contributed by atoms with Crippen LogP contribution in [0.2, 0.25) is 0 Å². The lowest BCUT2D eigenvalue weighted by Gasteiger charge is -2.04. The normalized spacial score (nSPS) is 9.47. The molecule has 0 aliphatic heterocycles. The molecule has 0 unspecified atom stereocenters. The number of rotatable bonds is 4. The Morgan fingerprint density at radius 3 is 2.76 bits per heavy atom. The summed E-state index contributed by atoms with van der Waals surface area (Å²) in [5.41, 5.74) is 1.81. The first kappa shape index (κ1) is 15.6. The lowest BCUT2D eigenvalue weighted by atomic mass is 10.3. The summed E-state index contributed by atoms with van der Waals surface area (Å²) in [6.07, 6.45) is 0.773. The summed E-state index contributed by atoms with van der Waals surface area (Å²) in [5.74, 6) is 0.452. The summed E-state index contributed by atoms with van der Waals surface area (Å²) in [6.45, 7) is 1.21. The van der Waals surface area contributed by atoms with Crippen molar-refractivity contribution >= 4 is 29.7 Å². The molecule has 2 aromatic rings. The van der Waals surface area contributed by atoms with Crippen LogP contribution >= 0.6 is 12.4 Å². The van der Waals surface area contributed by atoms with Gasteiger partial charge in [0.15, 0.2) is 12.1 Å². The molecule has 0 bridgehead atoms. The van der Waals surface area contributed by atoms with Gasteiger partial charge in [0.25, 0.3) is 0 Å². The fraction of sp³-hybridized carbons (Fsp3) is 0.273. The molecule has 94 valence electrons. The van der Waals surface area contributed by atoms with Crippen molar-refractivity contribution in [3.05, 3.63) is 30.1 Å². The Morgan fingerprint density at radius 1 is 1.41 bits per heavy atom. The summed E-state index contributed by atoms with van der Waals surface area (Å²) >= 11 is 0. The lowest BCUT2D eigenvalue weighted by molar-refractivity contribution is 0.110. The number of para-hydroxylation sites is 2. The van der Waals surface area contributed by atoms with Gasteiger partial charge in [0, 0.05) is 13.7 Å². The number of aldehydes is 1. The number of hydrogen-bond donors (Lipinski definition) is 0. The first-order chi connectivity index (χ1) is 7.36. The third-order valence-electron chi connectivity index (χ3n) is 2.31. The molecule has 0 radical (unpaired) electrons. The highest BCUT2D eigenvalue weighted by Crippen LogP contribution is 2.14. The SMILES string of the molecule is COCCn1c(C=O)nc2ccccc21.Cl.O. The molecule has 2 N–H and O–H groups in total. The molecule has 1 heterocycles. The highest BCUT2D eigenvalue weighted by Gasteiger charge is 2.08. The standard InChI is InChI=1S/C11H12N2O2.ClH.H2O/c1-15-7-6-13-10-5-3-2-4-9(10)12-11(13)8-14;;/h2-5,8H,6-7H2,1H3;1H;1H2. The molecule has 6 heteroatoms. The number of carbonyl (C=O) groups is 1. The number of hydrogen-bond acceptors (Lipinski definition) is 3. The van der Waals surface area contributed by atoms with Crippen LogP contribution in [-0.2, 0) is 11.3 Å². The van der Waals surface area contributed by atoms with Crippen LogP contribution < -0.4 is 0 Å². The number of aromatic nitrogens is 2. The molecule has 0 spiro atoms. The van der Waals surface area contributed by atoms with E-state index in [1.165, 1.54) is 0 Å². The van der Waals surface area contributed by atoms with Gasteiger partial charge in [-0.25, -0.2) is 4.98 Å². The third-order valence-corrected chi connectivity index (χ3v) is 2.31. The number of halogens is 1. The van der Waals surface area contributed by atoms with Crippen LogP contribution in [0.3, 0.4) is 0 Å². The van der Waals surface area contributed by atoms with Crippen LogP contribution in [0.4, 0.5) is 0 Å². The number of carbonyl (C=O) groups excluding carboxylic acids is 1. The number of nitrogens with zero attached hydrogens (tertiary/aromatic N) is 2. The zero-order valence-corrected chi connectivity index (χ0v) is 10.2. The summed E-state index contributed by atoms with van der Waals surface area (Å²) < 4.78 is 6.87. The average Bonchev–Trinajstić information content (AvgIpc) is 2.64. The van der Waals surface area contributed by atoms with Crippen LogP contribution in [0.5, 0.6) is 0 Å². The smallest absolute Gasteiger partial charge is 0.185 e. The van der Waals surface area contributed by atoms with Gasteiger partial charge in [-0.2, -0.15) is 0 Å². The van der Waals surface area contributed by atoms with Crippen LogP contribution in [-0.4, -0.2) is 35.0 Å². The van der Waals surface area contributed by atoms with Crippen LogP contribution in [0.25, 0.3) is 11.0 Å². The molecule has 0 saturated heterocycles. The van der Waals surface area contributed by atoms with Crippen LogP contribution in [0.1, 0.15) is 10.6 Å². The molecule has 1 aromatic heterocycles. The molecule has 17 heavy (non-hydrogen) atoms. The Hall–Kier alpha value is -1.43. The second-order valence-electron chi connectivity index (χ2n) is 3.22. The topological polar surface area (TPSA) is 75.6 Å². The van der Waals surface area contributed by atoms with Crippen molar-refractivity contribution in [2.24, 2.45) is 0 Å². The van der Waals surface area contributed by atoms with E-state index in [0.717, 1.165) is 17.3 Å². The minimum atomic E-state index is 0. The van der Waals surface area contributed by atoms with E-state index in [2.05, 4.69) is 4.98 Å². The van der Waals surface area contributed by atoms with E-state index in [-0.39, 0.29) is 17.9 Å². The predicted octanol–water partition coefficient (Wildman–Crippen LogP) is 1.09. The first-order valence-electron chi connectivity index (χ1n) is 4.76. The number of fused-ring (bicyclic) bond motifs is 1. The molecular formula is C11H15ClN2O3. The van der Waals surface area contributed by atoms with E-state index in [1.54, 1.807) is 7.11 Å². The van der Waals surface area contributed by atoms with Gasteiger partial charge in [-0.3, -0.25) is 4.79 Å². The van der Waals surface area contributed by atoms with Gasteiger partial charge in [-0.15, -0.1) is 12.4 Å². The molecule has 0 atom stereocenters. The van der Waals surface area contributed by atoms with E-state index in [1.807, 2.05) is 28.8 Å². The van der Waals surface area contributed by atoms with Crippen molar-refractivity contribution in [3.63, 3.8) is 0 Å². The van der Waals surface area contributed by atoms with Crippen molar-refractivity contribution < 1.29 is 15.0 Å². The van der Waals surface area contributed by atoms with E-state index in [9.17, 15) is 4.79 Å². The minimum absolute atomic E-state index is 0. The van der Waals surface area contributed by atoms with Crippen molar-refractivity contribution in [1.82, 2.24) is 9.55 Å². The quantitative estimate of drug-likeness (QED) is 0.771. The van der Waals surface area contributed by atoms with E-state index < -0.39 is 0 Å². The largest absolute Gasteiger partial charge is 0.412 e. The van der Waals surface area contributed by atoms with Crippen molar-refractivity contribution in [1.29, 1.82) is 0 Å². The first-order valence-corrected chi connectivity index (χ1v) is 4.76. The number of benzene rings is 1. The minimum Gasteiger partial charge on any atom is -0.412 e. The summed E-state index contributed by atoms with van der Waals surface area (Å²) in [5, 5.41) is 0. The van der Waals surface area contributed by atoms with Gasteiger partial charge in [-0.1, -0.05) is 12.1 Å². The Kier molecular flexibility index (Phi) is 6.42. The molecule has 2 rings (SSSR count). The lowest BCUT2D eigenvalue weighted by Crippen LogP contribution is -2.07. The van der Waals surface area contributed by atoms with Crippen molar-refractivity contribution in [3.8, 4) is 0 Å². The Morgan fingerprint density at radius 2 is 2.12 bits per heavy atom. The molecule has 0 aliphatic carbocycles. The predicted molar refractivity (Wildman–Crippen MR) is 67.9 cm³/mol. The van der Waals surface area contributed by atoms with Crippen LogP contribution in [0, 0.1) is 0 Å². The highest BCUT2D eigenvalue weighted by molar-refractivity contribution is 5.85. The van der Waals surface area contributed by atoms with Gasteiger partial charge < -0.3 is 14.8 Å². The molecule has 0 fully saturated rings. The van der Waals surface area contributed by atoms with E-state index in [4.69, 9.17) is 4.74 Å². The highest BCUT2D eigenvalue weighted by atomic mass is 35.5. The maximum atomic E-state index is 10.8. The summed E-state index contributed by atoms with van der Waals surface area (Å²) in [7, 11) is 1.64. The average molecular weight is 259 g/mol. The number of ether oxygens (including phenoxy) is 1. The number of methoxy groups -OCH3 is 1. The number of imidazole rings is 1. The Balaban J connectivity index is 0.00000128. The van der Waals surface area contributed by atoms with Gasteiger partial charge in [-0.05, 0) is 12.1 Å². The Bertz CT molecular complexity index is 485. The molecular weight excluding hydrogens is 244 g/mol. The van der Waals surface area contributed by atoms with Gasteiger partial charge >= 0.3 is 0 Å². The zero-order valence-electron chi connectivity index (χ0n) is 9.42. The van der Waals surface area contributed by atoms with Crippen LogP contribution in [0.15, 0.2) is 24.3 Å². The molecule has 1 aromatic carbocycles. The van der Waals surface area contributed by atoms with E-state index >= 15 is 0 Å². The third kappa shape index (κ3) is 3.03.